The Morgan fingerprint density at radius 1 is 1.16 bits per heavy atom. The second-order valence-corrected chi connectivity index (χ2v) is 15.2. The third-order valence-electron chi connectivity index (χ3n) is 4.86. The second-order valence-electron chi connectivity index (χ2n) is 8.28. The Morgan fingerprint density at radius 2 is 1.76 bits per heavy atom. The molecule has 2 aliphatic rings. The molecule has 0 amide bonds. The van der Waals surface area contributed by atoms with Gasteiger partial charge in [0.15, 0.2) is 0 Å². The van der Waals surface area contributed by atoms with Crippen LogP contribution in [0.4, 0.5) is 0 Å². The first-order chi connectivity index (χ1) is 10.1. The molecule has 0 fully saturated rings. The minimum atomic E-state index is -1.69. The number of rotatable bonds is 4. The molecule has 1 unspecified atom stereocenters. The SMILES string of the molecule is CC(C)SC1([Si](C)(C)C2=[C-]CC=C2)CC=CC=C1C(C)(C)C.[Cl-].[Cl-].[Ti+3]. The Bertz CT molecular complexity index is 557. The molecule has 0 aliphatic heterocycles. The number of thioether (sulfide) groups is 1. The summed E-state index contributed by atoms with van der Waals surface area (Å²) in [6.45, 7) is 16.9. The molecule has 0 aromatic carbocycles. The van der Waals surface area contributed by atoms with Crippen molar-refractivity contribution in [1.29, 1.82) is 0 Å². The van der Waals surface area contributed by atoms with Gasteiger partial charge >= 0.3 is 21.7 Å². The van der Waals surface area contributed by atoms with Crippen LogP contribution in [-0.2, 0) is 21.7 Å². The molecular formula is C20H31Cl2SSiTi. The molecule has 0 saturated carbocycles. The van der Waals surface area contributed by atoms with Gasteiger partial charge in [0.05, 0.1) is 8.07 Å². The van der Waals surface area contributed by atoms with Crippen LogP contribution in [0.5, 0.6) is 0 Å². The number of allylic oxidation sites excluding steroid dienone is 7. The smallest absolute Gasteiger partial charge is 1.00 e. The van der Waals surface area contributed by atoms with Crippen molar-refractivity contribution >= 4 is 19.8 Å². The summed E-state index contributed by atoms with van der Waals surface area (Å²) in [7, 11) is -1.69. The van der Waals surface area contributed by atoms with Gasteiger partial charge in [-0.2, -0.15) is 17.8 Å². The summed E-state index contributed by atoms with van der Waals surface area (Å²) in [6.07, 6.45) is 17.5. The fraction of sp³-hybridized carbons (Fsp3) is 0.600. The topological polar surface area (TPSA) is 0 Å². The maximum absolute atomic E-state index is 3.67. The van der Waals surface area contributed by atoms with E-state index >= 15 is 0 Å². The van der Waals surface area contributed by atoms with E-state index in [-0.39, 0.29) is 56.3 Å². The zero-order valence-corrected chi connectivity index (χ0v) is 21.4. The minimum absolute atomic E-state index is 0. The number of hydrogen-bond donors (Lipinski definition) is 0. The molecule has 5 heteroatoms. The van der Waals surface area contributed by atoms with Gasteiger partial charge in [0.2, 0.25) is 0 Å². The van der Waals surface area contributed by atoms with Crippen LogP contribution < -0.4 is 24.8 Å². The standard InChI is InChI=1S/C20H31SSi.2ClH.Ti/c1-16(2)21-20(22(6,7)17-12-8-9-13-17)15-11-10-14-18(20)19(3,4)5;;;/h8,10-12,14,16H,9,15H2,1-7H3;2*1H;/q-1;;;+3/p-2. The van der Waals surface area contributed by atoms with Crippen LogP contribution in [0.15, 0.2) is 41.1 Å². The quantitative estimate of drug-likeness (QED) is 0.438. The molecule has 2 aliphatic carbocycles. The summed E-state index contributed by atoms with van der Waals surface area (Å²) in [5.41, 5.74) is 1.84. The summed E-state index contributed by atoms with van der Waals surface area (Å²) < 4.78 is 0.241. The summed E-state index contributed by atoms with van der Waals surface area (Å²) in [6, 6.07) is 0. The fourth-order valence-corrected chi connectivity index (χ4v) is 10.8. The van der Waals surface area contributed by atoms with Gasteiger partial charge < -0.3 is 24.8 Å². The molecule has 2 rings (SSSR count). The van der Waals surface area contributed by atoms with Gasteiger partial charge in [-0.1, -0.05) is 71.5 Å². The van der Waals surface area contributed by atoms with Crippen molar-refractivity contribution in [3.05, 3.63) is 47.2 Å². The van der Waals surface area contributed by atoms with Crippen molar-refractivity contribution in [2.75, 3.05) is 0 Å². The molecular weight excluding hydrogens is 419 g/mol. The van der Waals surface area contributed by atoms with Crippen molar-refractivity contribution < 1.29 is 46.5 Å². The molecule has 0 spiro atoms. The minimum Gasteiger partial charge on any atom is -1.00 e. The summed E-state index contributed by atoms with van der Waals surface area (Å²) in [5.74, 6) is 0. The van der Waals surface area contributed by atoms with Gasteiger partial charge in [-0.25, -0.2) is 11.3 Å². The van der Waals surface area contributed by atoms with E-state index in [9.17, 15) is 0 Å². The Labute approximate surface area is 188 Å². The maximum atomic E-state index is 3.67. The molecule has 0 aromatic rings. The third kappa shape index (κ3) is 5.65. The number of hydrogen-bond acceptors (Lipinski definition) is 1. The van der Waals surface area contributed by atoms with E-state index in [2.05, 4.69) is 95.9 Å². The summed E-state index contributed by atoms with van der Waals surface area (Å²) in [5, 5.41) is 2.15. The zero-order valence-electron chi connectivity index (χ0n) is 16.5. The van der Waals surface area contributed by atoms with Crippen LogP contribution >= 0.6 is 11.8 Å². The van der Waals surface area contributed by atoms with Gasteiger partial charge in [0.1, 0.15) is 0 Å². The predicted octanol–water partition coefficient (Wildman–Crippen LogP) is 0.281. The van der Waals surface area contributed by atoms with Gasteiger partial charge in [0.25, 0.3) is 0 Å². The second kappa shape index (κ2) is 10.4. The van der Waals surface area contributed by atoms with Crippen LogP contribution in [0.3, 0.4) is 0 Å². The van der Waals surface area contributed by atoms with Crippen LogP contribution in [0.25, 0.3) is 0 Å². The van der Waals surface area contributed by atoms with Crippen molar-refractivity contribution in [3.8, 4) is 0 Å². The Kier molecular flexibility index (Phi) is 11.6. The largest absolute Gasteiger partial charge is 3.00 e. The van der Waals surface area contributed by atoms with Gasteiger partial charge in [0, 0.05) is 4.37 Å². The summed E-state index contributed by atoms with van der Waals surface area (Å²) in [4.78, 5) is 0. The van der Waals surface area contributed by atoms with E-state index in [1.807, 2.05) is 0 Å². The van der Waals surface area contributed by atoms with Crippen molar-refractivity contribution in [3.63, 3.8) is 0 Å². The van der Waals surface area contributed by atoms with Crippen molar-refractivity contribution in [1.82, 2.24) is 0 Å². The van der Waals surface area contributed by atoms with Crippen LogP contribution in [0, 0.1) is 11.5 Å². The van der Waals surface area contributed by atoms with Gasteiger partial charge in [-0.05, 0) is 17.1 Å². The molecule has 0 aromatic heterocycles. The normalized spacial score (nSPS) is 22.6. The average molecular weight is 450 g/mol. The van der Waals surface area contributed by atoms with Crippen LogP contribution in [0.2, 0.25) is 13.1 Å². The monoisotopic (exact) mass is 449 g/mol. The zero-order chi connectivity index (χ0) is 16.6. The summed E-state index contributed by atoms with van der Waals surface area (Å²) >= 11 is 2.20. The predicted molar refractivity (Wildman–Crippen MR) is 105 cm³/mol. The average Bonchev–Trinajstić information content (AvgIpc) is 2.91. The Hall–Kier alpha value is 0.821. The van der Waals surface area contributed by atoms with E-state index in [4.69, 9.17) is 0 Å². The van der Waals surface area contributed by atoms with E-state index < -0.39 is 8.07 Å². The fourth-order valence-electron chi connectivity index (χ4n) is 3.80. The van der Waals surface area contributed by atoms with E-state index in [0.29, 0.717) is 5.25 Å². The first-order valence-corrected chi connectivity index (χ1v) is 12.3. The number of halogens is 2. The first-order valence-electron chi connectivity index (χ1n) is 8.45. The van der Waals surface area contributed by atoms with Gasteiger partial charge in [-0.3, -0.25) is 6.08 Å². The Morgan fingerprint density at radius 3 is 2.20 bits per heavy atom. The first kappa shape index (κ1) is 28.0. The van der Waals surface area contributed by atoms with E-state index in [0.717, 1.165) is 12.8 Å². The van der Waals surface area contributed by atoms with Crippen LogP contribution in [0.1, 0.15) is 47.5 Å². The molecule has 0 saturated heterocycles. The molecule has 25 heavy (non-hydrogen) atoms. The molecule has 0 bridgehead atoms. The van der Waals surface area contributed by atoms with Crippen LogP contribution in [-0.4, -0.2) is 17.7 Å². The van der Waals surface area contributed by atoms with E-state index in [1.165, 1.54) is 5.20 Å². The molecule has 0 N–H and O–H groups in total. The molecule has 0 nitrogen and oxygen atoms in total. The molecule has 139 valence electrons. The molecule has 0 heterocycles. The van der Waals surface area contributed by atoms with Crippen molar-refractivity contribution in [2.24, 2.45) is 5.41 Å². The third-order valence-corrected chi connectivity index (χ3v) is 12.2. The van der Waals surface area contributed by atoms with Gasteiger partial charge in [-0.15, -0.1) is 6.42 Å². The Balaban J connectivity index is 0. The molecule has 1 atom stereocenters. The maximum Gasteiger partial charge on any atom is 3.00 e. The molecule has 1 radical (unpaired) electrons. The van der Waals surface area contributed by atoms with E-state index in [1.54, 1.807) is 5.57 Å². The van der Waals surface area contributed by atoms with Crippen molar-refractivity contribution in [2.45, 2.75) is 70.2 Å².